The SMILES string of the molecule is CO[Si](CC(C)(C)C)(OC)Oc1ccccc1. The average Bonchev–Trinajstić information content (AvgIpc) is 2.27. The maximum absolute atomic E-state index is 5.97. The number of benzene rings is 1. The van der Waals surface area contributed by atoms with Gasteiger partial charge >= 0.3 is 8.80 Å². The molecule has 17 heavy (non-hydrogen) atoms. The number of hydrogen-bond donors (Lipinski definition) is 0. The van der Waals surface area contributed by atoms with Crippen molar-refractivity contribution in [1.29, 1.82) is 0 Å². The second-order valence-corrected chi connectivity index (χ2v) is 7.98. The second kappa shape index (κ2) is 5.66. The van der Waals surface area contributed by atoms with Crippen LogP contribution in [-0.2, 0) is 8.85 Å². The van der Waals surface area contributed by atoms with Crippen LogP contribution in [0.2, 0.25) is 6.04 Å². The van der Waals surface area contributed by atoms with Crippen molar-refractivity contribution in [2.75, 3.05) is 14.2 Å². The van der Waals surface area contributed by atoms with Crippen molar-refractivity contribution < 1.29 is 13.3 Å². The first-order chi connectivity index (χ1) is 7.91. The van der Waals surface area contributed by atoms with Crippen molar-refractivity contribution in [3.63, 3.8) is 0 Å². The van der Waals surface area contributed by atoms with Gasteiger partial charge in [0.2, 0.25) is 0 Å². The molecule has 3 nitrogen and oxygen atoms in total. The highest BCUT2D eigenvalue weighted by Crippen LogP contribution is 2.30. The van der Waals surface area contributed by atoms with Crippen molar-refractivity contribution >= 4 is 8.80 Å². The van der Waals surface area contributed by atoms with Crippen molar-refractivity contribution in [1.82, 2.24) is 0 Å². The van der Waals surface area contributed by atoms with E-state index in [1.54, 1.807) is 14.2 Å². The number of rotatable bonds is 5. The van der Waals surface area contributed by atoms with Crippen molar-refractivity contribution in [3.05, 3.63) is 30.3 Å². The predicted octanol–water partition coefficient (Wildman–Crippen LogP) is 3.34. The highest BCUT2D eigenvalue weighted by Gasteiger charge is 2.45. The Labute approximate surface area is 105 Å². The van der Waals surface area contributed by atoms with E-state index < -0.39 is 8.80 Å². The molecule has 0 bridgehead atoms. The molecule has 1 rings (SSSR count). The number of para-hydroxylation sites is 1. The molecule has 1 aromatic carbocycles. The minimum absolute atomic E-state index is 0.104. The molecular formula is C13H22O3Si. The summed E-state index contributed by atoms with van der Waals surface area (Å²) in [5.41, 5.74) is 0.104. The minimum atomic E-state index is -2.62. The second-order valence-electron chi connectivity index (χ2n) is 5.24. The summed E-state index contributed by atoms with van der Waals surface area (Å²) >= 11 is 0. The molecule has 0 aliphatic carbocycles. The van der Waals surface area contributed by atoms with Gasteiger partial charge in [-0.2, -0.15) is 0 Å². The van der Waals surface area contributed by atoms with Crippen LogP contribution in [0.5, 0.6) is 5.75 Å². The van der Waals surface area contributed by atoms with E-state index in [1.807, 2.05) is 30.3 Å². The topological polar surface area (TPSA) is 27.7 Å². The third-order valence-electron chi connectivity index (χ3n) is 2.39. The molecule has 0 fully saturated rings. The summed E-state index contributed by atoms with van der Waals surface area (Å²) in [6.07, 6.45) is 0. The van der Waals surface area contributed by atoms with Gasteiger partial charge in [0.25, 0.3) is 0 Å². The van der Waals surface area contributed by atoms with Gasteiger partial charge in [-0.25, -0.2) is 0 Å². The van der Waals surface area contributed by atoms with Gasteiger partial charge in [-0.05, 0) is 17.5 Å². The van der Waals surface area contributed by atoms with E-state index in [1.165, 1.54) is 0 Å². The Balaban J connectivity index is 2.85. The lowest BCUT2D eigenvalue weighted by Crippen LogP contribution is -2.49. The third-order valence-corrected chi connectivity index (χ3v) is 5.67. The summed E-state index contributed by atoms with van der Waals surface area (Å²) in [7, 11) is 0.695. The van der Waals surface area contributed by atoms with E-state index in [0.717, 1.165) is 11.8 Å². The fourth-order valence-electron chi connectivity index (χ4n) is 1.66. The molecule has 0 N–H and O–H groups in total. The molecule has 96 valence electrons. The summed E-state index contributed by atoms with van der Waals surface area (Å²) in [6, 6.07) is 10.5. The monoisotopic (exact) mass is 254 g/mol. The molecule has 0 aromatic heterocycles. The molecule has 0 amide bonds. The van der Waals surface area contributed by atoms with Crippen LogP contribution < -0.4 is 4.43 Å². The molecular weight excluding hydrogens is 232 g/mol. The van der Waals surface area contributed by atoms with E-state index in [2.05, 4.69) is 20.8 Å². The van der Waals surface area contributed by atoms with Crippen LogP contribution in [0.4, 0.5) is 0 Å². The molecule has 0 saturated carbocycles. The molecule has 1 aromatic rings. The van der Waals surface area contributed by atoms with Crippen LogP contribution in [0, 0.1) is 5.41 Å². The van der Waals surface area contributed by atoms with E-state index in [0.29, 0.717) is 0 Å². The van der Waals surface area contributed by atoms with Crippen LogP contribution >= 0.6 is 0 Å². The first-order valence-electron chi connectivity index (χ1n) is 5.75. The van der Waals surface area contributed by atoms with Crippen LogP contribution in [0.25, 0.3) is 0 Å². The van der Waals surface area contributed by atoms with Gasteiger partial charge in [-0.15, -0.1) is 0 Å². The first-order valence-corrected chi connectivity index (χ1v) is 7.68. The standard InChI is InChI=1S/C13H22O3Si/c1-13(2,3)11-17(14-4,15-5)16-12-9-7-6-8-10-12/h6-10H,11H2,1-5H3. The minimum Gasteiger partial charge on any atom is -0.501 e. The van der Waals surface area contributed by atoms with Crippen molar-refractivity contribution in [3.8, 4) is 5.75 Å². The van der Waals surface area contributed by atoms with Crippen LogP contribution in [0.15, 0.2) is 30.3 Å². The zero-order valence-electron chi connectivity index (χ0n) is 11.3. The molecule has 0 aliphatic heterocycles. The van der Waals surface area contributed by atoms with E-state index in [4.69, 9.17) is 13.3 Å². The first kappa shape index (κ1) is 14.2. The maximum Gasteiger partial charge on any atom is 0.566 e. The molecule has 0 radical (unpaired) electrons. The molecule has 0 heterocycles. The zero-order valence-corrected chi connectivity index (χ0v) is 12.3. The van der Waals surface area contributed by atoms with Gasteiger partial charge < -0.3 is 13.3 Å². The Morgan fingerprint density at radius 2 is 1.53 bits per heavy atom. The van der Waals surface area contributed by atoms with Gasteiger partial charge in [0, 0.05) is 20.3 Å². The summed E-state index contributed by atoms with van der Waals surface area (Å²) in [5.74, 6) is 0.798. The predicted molar refractivity (Wildman–Crippen MR) is 71.1 cm³/mol. The fourth-order valence-corrected chi connectivity index (χ4v) is 4.15. The van der Waals surface area contributed by atoms with Gasteiger partial charge in [-0.3, -0.25) is 0 Å². The quantitative estimate of drug-likeness (QED) is 0.754. The molecule has 0 aliphatic rings. The van der Waals surface area contributed by atoms with E-state index >= 15 is 0 Å². The van der Waals surface area contributed by atoms with Gasteiger partial charge in [0.05, 0.1) is 0 Å². The van der Waals surface area contributed by atoms with Gasteiger partial charge in [-0.1, -0.05) is 39.0 Å². The fraction of sp³-hybridized carbons (Fsp3) is 0.538. The van der Waals surface area contributed by atoms with Gasteiger partial charge in [0.15, 0.2) is 0 Å². The lowest BCUT2D eigenvalue weighted by atomic mass is 10.0. The Hall–Kier alpha value is -0.843. The summed E-state index contributed by atoms with van der Waals surface area (Å²) < 4.78 is 17.1. The van der Waals surface area contributed by atoms with E-state index in [9.17, 15) is 0 Å². The van der Waals surface area contributed by atoms with Crippen molar-refractivity contribution in [2.45, 2.75) is 26.8 Å². The highest BCUT2D eigenvalue weighted by molar-refractivity contribution is 6.61. The van der Waals surface area contributed by atoms with Crippen LogP contribution in [0.3, 0.4) is 0 Å². The lowest BCUT2D eigenvalue weighted by Gasteiger charge is -2.32. The Morgan fingerprint density at radius 3 is 1.94 bits per heavy atom. The van der Waals surface area contributed by atoms with E-state index in [-0.39, 0.29) is 5.41 Å². The largest absolute Gasteiger partial charge is 0.566 e. The Morgan fingerprint density at radius 1 is 1.00 bits per heavy atom. The molecule has 0 atom stereocenters. The Kier molecular flexibility index (Phi) is 4.74. The Bertz CT molecular complexity index is 328. The third kappa shape index (κ3) is 4.50. The molecule has 0 saturated heterocycles. The molecule has 4 heteroatoms. The smallest absolute Gasteiger partial charge is 0.501 e. The number of hydrogen-bond acceptors (Lipinski definition) is 3. The van der Waals surface area contributed by atoms with Crippen LogP contribution in [-0.4, -0.2) is 23.0 Å². The maximum atomic E-state index is 5.97. The van der Waals surface area contributed by atoms with Crippen LogP contribution in [0.1, 0.15) is 20.8 Å². The lowest BCUT2D eigenvalue weighted by molar-refractivity contribution is 0.147. The summed E-state index contributed by atoms with van der Waals surface area (Å²) in [6.45, 7) is 6.46. The highest BCUT2D eigenvalue weighted by atomic mass is 28.4. The normalized spacial score (nSPS) is 12.5. The molecule has 0 unspecified atom stereocenters. The summed E-state index contributed by atoms with van der Waals surface area (Å²) in [4.78, 5) is 0. The summed E-state index contributed by atoms with van der Waals surface area (Å²) in [5, 5.41) is 0. The average molecular weight is 254 g/mol. The molecule has 0 spiro atoms. The zero-order chi connectivity index (χ0) is 12.9. The van der Waals surface area contributed by atoms with Gasteiger partial charge in [0.1, 0.15) is 5.75 Å². The van der Waals surface area contributed by atoms with Crippen molar-refractivity contribution in [2.24, 2.45) is 5.41 Å².